The Labute approximate surface area is 197 Å². The van der Waals surface area contributed by atoms with E-state index in [1.165, 1.54) is 15.4 Å². The molecule has 168 valence electrons. The topological polar surface area (TPSA) is 128 Å². The Bertz CT molecular complexity index is 1650. The van der Waals surface area contributed by atoms with Crippen LogP contribution in [-0.4, -0.2) is 46.9 Å². The summed E-state index contributed by atoms with van der Waals surface area (Å²) in [5, 5.41) is 25.9. The van der Waals surface area contributed by atoms with E-state index < -0.39 is 12.1 Å². The number of halogens is 1. The maximum atomic E-state index is 13.6. The molecule has 5 heterocycles. The molecule has 6 rings (SSSR count). The summed E-state index contributed by atoms with van der Waals surface area (Å²) in [4.78, 5) is 27.2. The van der Waals surface area contributed by atoms with Crippen LogP contribution < -0.4 is 10.5 Å². The second kappa shape index (κ2) is 7.69. The second-order valence-corrected chi connectivity index (χ2v) is 8.49. The Balaban J connectivity index is 1.62. The number of nitriles is 1. The van der Waals surface area contributed by atoms with E-state index in [-0.39, 0.29) is 17.6 Å². The van der Waals surface area contributed by atoms with Crippen LogP contribution in [0.4, 0.5) is 5.82 Å². The van der Waals surface area contributed by atoms with Crippen molar-refractivity contribution in [2.75, 3.05) is 11.4 Å². The van der Waals surface area contributed by atoms with Gasteiger partial charge in [0.2, 0.25) is 0 Å². The highest BCUT2D eigenvalue weighted by Gasteiger charge is 2.38. The van der Waals surface area contributed by atoms with Gasteiger partial charge in [0.05, 0.1) is 33.8 Å². The molecule has 0 aliphatic carbocycles. The van der Waals surface area contributed by atoms with Crippen LogP contribution in [0.25, 0.3) is 22.2 Å². The molecule has 1 aromatic carbocycles. The number of fused-ring (bicyclic) bond motifs is 2. The number of nitrogens with one attached hydrogen (secondary N) is 1. The lowest BCUT2D eigenvalue weighted by Crippen LogP contribution is -2.33. The van der Waals surface area contributed by atoms with E-state index in [0.717, 1.165) is 0 Å². The van der Waals surface area contributed by atoms with Gasteiger partial charge < -0.3 is 15.0 Å². The molecule has 0 amide bonds. The number of rotatable bonds is 3. The van der Waals surface area contributed by atoms with Crippen molar-refractivity contribution in [2.45, 2.75) is 18.6 Å². The van der Waals surface area contributed by atoms with E-state index >= 15 is 0 Å². The summed E-state index contributed by atoms with van der Waals surface area (Å²) in [6, 6.07) is 12.5. The summed E-state index contributed by atoms with van der Waals surface area (Å²) in [6.07, 6.45) is 4.25. The number of β-amino-alcohol motifs (C(OH)–C–C–N with tert-alkyl or cyclic N) is 1. The highest BCUT2D eigenvalue weighted by atomic mass is 35.5. The van der Waals surface area contributed by atoms with Crippen molar-refractivity contribution in [1.82, 2.24) is 29.1 Å². The van der Waals surface area contributed by atoms with Gasteiger partial charge in [-0.3, -0.25) is 9.36 Å². The molecule has 0 saturated carbocycles. The minimum absolute atomic E-state index is 0.252. The van der Waals surface area contributed by atoms with E-state index in [1.807, 2.05) is 35.2 Å². The van der Waals surface area contributed by atoms with Gasteiger partial charge in [-0.2, -0.15) is 10.4 Å². The average Bonchev–Trinajstić information content (AvgIpc) is 3.55. The Morgan fingerprint density at radius 2 is 2.03 bits per heavy atom. The quantitative estimate of drug-likeness (QED) is 0.413. The van der Waals surface area contributed by atoms with Gasteiger partial charge in [0.1, 0.15) is 29.4 Å². The van der Waals surface area contributed by atoms with E-state index in [0.29, 0.717) is 45.4 Å². The van der Waals surface area contributed by atoms with Gasteiger partial charge >= 0.3 is 0 Å². The number of para-hydroxylation sites is 1. The monoisotopic (exact) mass is 472 g/mol. The maximum Gasteiger partial charge on any atom is 0.284 e. The summed E-state index contributed by atoms with van der Waals surface area (Å²) in [5.41, 5.74) is 1.48. The van der Waals surface area contributed by atoms with E-state index in [2.05, 4.69) is 21.0 Å². The summed E-state index contributed by atoms with van der Waals surface area (Å²) in [6.45, 7) is 0.252. The van der Waals surface area contributed by atoms with Crippen molar-refractivity contribution in [3.05, 3.63) is 81.9 Å². The zero-order valence-electron chi connectivity index (χ0n) is 17.6. The highest BCUT2D eigenvalue weighted by molar-refractivity contribution is 6.33. The highest BCUT2D eigenvalue weighted by Crippen LogP contribution is 2.38. The molecular weight excluding hydrogens is 456 g/mol. The van der Waals surface area contributed by atoms with Crippen LogP contribution in [0.5, 0.6) is 0 Å². The van der Waals surface area contributed by atoms with Crippen LogP contribution in [0.15, 0.2) is 59.9 Å². The molecule has 1 fully saturated rings. The lowest BCUT2D eigenvalue weighted by molar-refractivity contribution is 0.193. The summed E-state index contributed by atoms with van der Waals surface area (Å²) < 4.78 is 2.99. The first-order chi connectivity index (χ1) is 16.6. The molecule has 34 heavy (non-hydrogen) atoms. The molecule has 1 aliphatic heterocycles. The third kappa shape index (κ3) is 2.98. The van der Waals surface area contributed by atoms with Crippen molar-refractivity contribution in [3.63, 3.8) is 0 Å². The Morgan fingerprint density at radius 1 is 1.21 bits per heavy atom. The number of aliphatic hydroxyl groups excluding tert-OH is 1. The number of hydrogen-bond donors (Lipinski definition) is 2. The van der Waals surface area contributed by atoms with Gasteiger partial charge in [0, 0.05) is 25.4 Å². The first-order valence-electron chi connectivity index (χ1n) is 10.6. The molecule has 10 nitrogen and oxygen atoms in total. The minimum Gasteiger partial charge on any atom is -0.391 e. The fourth-order valence-corrected chi connectivity index (χ4v) is 4.86. The molecular formula is C23H17ClN8O2. The Morgan fingerprint density at radius 3 is 2.82 bits per heavy atom. The molecule has 0 radical (unpaired) electrons. The normalized spacial score (nSPS) is 18.1. The number of H-pyrrole nitrogens is 1. The summed E-state index contributed by atoms with van der Waals surface area (Å²) in [7, 11) is 0. The van der Waals surface area contributed by atoms with Crippen LogP contribution >= 0.6 is 11.6 Å². The van der Waals surface area contributed by atoms with Gasteiger partial charge in [0.25, 0.3) is 5.56 Å². The van der Waals surface area contributed by atoms with Crippen LogP contribution in [0.2, 0.25) is 5.02 Å². The smallest absolute Gasteiger partial charge is 0.284 e. The maximum absolute atomic E-state index is 13.6. The standard InChI is InChI=1S/C23H17ClN8O2/c24-16-6-7-31-19(16)23(34)32(14-4-2-1-3-5-14)21(29-31)17-8-15(33)11-30(17)22-18-13(9-25)10-26-20(18)27-12-28-22/h1-7,10,12,15,17,33H,8,11H2,(H,26,27,28)/t15-,17-/m0/s1. The predicted molar refractivity (Wildman–Crippen MR) is 125 cm³/mol. The number of aromatic nitrogens is 6. The van der Waals surface area contributed by atoms with Gasteiger partial charge in [0.15, 0.2) is 5.82 Å². The van der Waals surface area contributed by atoms with Gasteiger partial charge in [-0.1, -0.05) is 29.8 Å². The molecule has 11 heteroatoms. The van der Waals surface area contributed by atoms with Crippen molar-refractivity contribution in [1.29, 1.82) is 5.26 Å². The summed E-state index contributed by atoms with van der Waals surface area (Å²) >= 11 is 6.31. The Kier molecular flexibility index (Phi) is 4.62. The minimum atomic E-state index is -0.690. The largest absolute Gasteiger partial charge is 0.391 e. The molecule has 0 unspecified atom stereocenters. The molecule has 2 atom stereocenters. The third-order valence-corrected chi connectivity index (χ3v) is 6.40. The molecule has 5 aromatic rings. The molecule has 1 aliphatic rings. The fraction of sp³-hybridized carbons (Fsp3) is 0.174. The molecule has 4 aromatic heterocycles. The number of aliphatic hydroxyl groups is 1. The van der Waals surface area contributed by atoms with Crippen LogP contribution in [-0.2, 0) is 0 Å². The SMILES string of the molecule is N#Cc1c[nH]c2ncnc(N3C[C@@H](O)C[C@H]3c3nn4ccc(Cl)c4c(=O)n3-c3ccccc3)c12. The lowest BCUT2D eigenvalue weighted by atomic mass is 10.1. The van der Waals surface area contributed by atoms with E-state index in [4.69, 9.17) is 16.7 Å². The van der Waals surface area contributed by atoms with E-state index in [1.54, 1.807) is 18.5 Å². The number of aromatic amines is 1. The van der Waals surface area contributed by atoms with Crippen LogP contribution in [0.3, 0.4) is 0 Å². The first-order valence-corrected chi connectivity index (χ1v) is 11.0. The van der Waals surface area contributed by atoms with Crippen molar-refractivity contribution in [3.8, 4) is 11.8 Å². The fourth-order valence-electron chi connectivity index (χ4n) is 4.63. The third-order valence-electron chi connectivity index (χ3n) is 6.10. The van der Waals surface area contributed by atoms with Gasteiger partial charge in [-0.05, 0) is 18.2 Å². The summed E-state index contributed by atoms with van der Waals surface area (Å²) in [5.74, 6) is 0.914. The number of anilines is 1. The lowest BCUT2D eigenvalue weighted by Gasteiger charge is -2.27. The van der Waals surface area contributed by atoms with Crippen molar-refractivity contribution in [2.24, 2.45) is 0 Å². The first kappa shape index (κ1) is 20.4. The predicted octanol–water partition coefficient (Wildman–Crippen LogP) is 2.59. The molecule has 0 spiro atoms. The molecule has 2 N–H and O–H groups in total. The average molecular weight is 473 g/mol. The second-order valence-electron chi connectivity index (χ2n) is 8.08. The molecule has 1 saturated heterocycles. The molecule has 0 bridgehead atoms. The van der Waals surface area contributed by atoms with E-state index in [9.17, 15) is 15.2 Å². The van der Waals surface area contributed by atoms with Gasteiger partial charge in [-0.15, -0.1) is 0 Å². The van der Waals surface area contributed by atoms with Crippen LogP contribution in [0, 0.1) is 11.3 Å². The van der Waals surface area contributed by atoms with Crippen molar-refractivity contribution < 1.29 is 5.11 Å². The van der Waals surface area contributed by atoms with Gasteiger partial charge in [-0.25, -0.2) is 14.5 Å². The number of benzene rings is 1. The Hall–Kier alpha value is -4.20. The number of nitrogens with zero attached hydrogens (tertiary/aromatic N) is 7. The van der Waals surface area contributed by atoms with Crippen LogP contribution in [0.1, 0.15) is 23.9 Å². The number of hydrogen-bond acceptors (Lipinski definition) is 7. The van der Waals surface area contributed by atoms with Crippen molar-refractivity contribution >= 4 is 34.0 Å². The zero-order valence-corrected chi connectivity index (χ0v) is 18.4. The zero-order chi connectivity index (χ0) is 23.4.